The highest BCUT2D eigenvalue weighted by Crippen LogP contribution is 2.43. The molecule has 3 aromatic carbocycles. The van der Waals surface area contributed by atoms with Gasteiger partial charge in [-0.15, -0.1) is 11.3 Å². The van der Waals surface area contributed by atoms with Crippen LogP contribution < -0.4 is 10.1 Å². The smallest absolute Gasteiger partial charge is 0.267 e. The maximum Gasteiger partial charge on any atom is 0.267 e. The van der Waals surface area contributed by atoms with E-state index < -0.39 is 0 Å². The van der Waals surface area contributed by atoms with Gasteiger partial charge in [0.05, 0.1) is 16.8 Å². The summed E-state index contributed by atoms with van der Waals surface area (Å²) in [5, 5.41) is 6.68. The minimum atomic E-state index is -0.262. The van der Waals surface area contributed by atoms with Crippen LogP contribution in [-0.4, -0.2) is 13.0 Å². The van der Waals surface area contributed by atoms with Crippen molar-refractivity contribution in [2.75, 3.05) is 12.4 Å². The Morgan fingerprint density at radius 1 is 1.00 bits per heavy atom. The lowest BCUT2D eigenvalue weighted by Gasteiger charge is -2.05. The summed E-state index contributed by atoms with van der Waals surface area (Å²) in [6, 6.07) is 17.3. The molecule has 0 saturated carbocycles. The minimum Gasteiger partial charge on any atom is -0.495 e. The van der Waals surface area contributed by atoms with Crippen molar-refractivity contribution in [3.05, 3.63) is 69.5 Å². The number of ether oxygens (including phenoxy) is 1. The lowest BCUT2D eigenvalue weighted by molar-refractivity contribution is 0.103. The normalized spacial score (nSPS) is 11.0. The summed E-state index contributed by atoms with van der Waals surface area (Å²) >= 11 is 14.0. The van der Waals surface area contributed by atoms with Crippen LogP contribution in [0.3, 0.4) is 0 Å². The number of fused-ring (bicyclic) bond motifs is 2. The number of carbonyl (C=O) groups excluding carboxylic acids is 1. The molecular formula is C20H13Cl2NO2S. The Bertz CT molecular complexity index is 1150. The molecule has 0 saturated heterocycles. The molecule has 0 aliphatic rings. The highest BCUT2D eigenvalue weighted by molar-refractivity contribution is 7.22. The molecule has 130 valence electrons. The van der Waals surface area contributed by atoms with Gasteiger partial charge in [-0.3, -0.25) is 4.79 Å². The Labute approximate surface area is 164 Å². The minimum absolute atomic E-state index is 0.262. The number of hydrogen-bond donors (Lipinski definition) is 1. The molecule has 0 aliphatic carbocycles. The molecule has 0 unspecified atom stereocenters. The molecule has 0 aliphatic heterocycles. The molecule has 1 N–H and O–H groups in total. The zero-order valence-corrected chi connectivity index (χ0v) is 16.0. The van der Waals surface area contributed by atoms with E-state index in [0.29, 0.717) is 26.4 Å². The second-order valence-corrected chi connectivity index (χ2v) is 7.50. The number of carbonyl (C=O) groups is 1. The van der Waals surface area contributed by atoms with Gasteiger partial charge < -0.3 is 10.1 Å². The number of rotatable bonds is 3. The third-order valence-corrected chi connectivity index (χ3v) is 6.35. The molecule has 3 nitrogen and oxygen atoms in total. The van der Waals surface area contributed by atoms with Crippen molar-refractivity contribution in [1.82, 2.24) is 0 Å². The van der Waals surface area contributed by atoms with Crippen LogP contribution in [0.1, 0.15) is 9.67 Å². The van der Waals surface area contributed by atoms with Gasteiger partial charge >= 0.3 is 0 Å². The molecule has 26 heavy (non-hydrogen) atoms. The van der Waals surface area contributed by atoms with E-state index in [4.69, 9.17) is 27.9 Å². The fourth-order valence-electron chi connectivity index (χ4n) is 2.84. The lowest BCUT2D eigenvalue weighted by atomic mass is 10.1. The lowest BCUT2D eigenvalue weighted by Crippen LogP contribution is -2.10. The van der Waals surface area contributed by atoms with Crippen LogP contribution in [-0.2, 0) is 0 Å². The van der Waals surface area contributed by atoms with Gasteiger partial charge in [0.25, 0.3) is 5.91 Å². The van der Waals surface area contributed by atoms with Crippen molar-refractivity contribution >= 4 is 67.0 Å². The zero-order chi connectivity index (χ0) is 18.3. The molecule has 4 rings (SSSR count). The van der Waals surface area contributed by atoms with E-state index in [2.05, 4.69) is 5.32 Å². The van der Waals surface area contributed by atoms with Crippen LogP contribution in [0.4, 0.5) is 5.69 Å². The Morgan fingerprint density at radius 3 is 2.54 bits per heavy atom. The first-order chi connectivity index (χ1) is 12.6. The zero-order valence-electron chi connectivity index (χ0n) is 13.7. The summed E-state index contributed by atoms with van der Waals surface area (Å²) in [5.41, 5.74) is 0.714. The van der Waals surface area contributed by atoms with E-state index in [1.165, 1.54) is 11.3 Å². The number of anilines is 1. The first-order valence-electron chi connectivity index (χ1n) is 7.83. The van der Waals surface area contributed by atoms with Crippen LogP contribution >= 0.6 is 34.5 Å². The molecular weight excluding hydrogens is 389 g/mol. The molecule has 0 radical (unpaired) electrons. The standard InChI is InChI=1S/C20H13Cl2NO2S/c1-25-15-9-8-14-16(21)19(26-18(14)17(15)22)20(24)23-13-7-6-11-4-2-3-5-12(11)10-13/h2-10H,1H3,(H,23,24). The Kier molecular flexibility index (Phi) is 4.49. The second kappa shape index (κ2) is 6.80. The SMILES string of the molecule is COc1ccc2c(Cl)c(C(=O)Nc3ccc4ccccc4c3)sc2c1Cl. The van der Waals surface area contributed by atoms with Crippen molar-refractivity contribution < 1.29 is 9.53 Å². The number of hydrogen-bond acceptors (Lipinski definition) is 3. The largest absolute Gasteiger partial charge is 0.495 e. The van der Waals surface area contributed by atoms with E-state index in [9.17, 15) is 4.79 Å². The number of nitrogens with one attached hydrogen (secondary N) is 1. The molecule has 0 bridgehead atoms. The maximum atomic E-state index is 12.7. The average Bonchev–Trinajstić information content (AvgIpc) is 3.00. The van der Waals surface area contributed by atoms with Gasteiger partial charge in [-0.2, -0.15) is 0 Å². The number of amides is 1. The predicted octanol–water partition coefficient (Wildman–Crippen LogP) is 6.62. The van der Waals surface area contributed by atoms with Gasteiger partial charge in [0.15, 0.2) is 0 Å². The molecule has 0 spiro atoms. The number of methoxy groups -OCH3 is 1. The van der Waals surface area contributed by atoms with Crippen molar-refractivity contribution in [1.29, 1.82) is 0 Å². The van der Waals surface area contributed by atoms with E-state index in [0.717, 1.165) is 20.9 Å². The van der Waals surface area contributed by atoms with Crippen LogP contribution in [0.15, 0.2) is 54.6 Å². The molecule has 6 heteroatoms. The van der Waals surface area contributed by atoms with Gasteiger partial charge in [-0.25, -0.2) is 0 Å². The summed E-state index contributed by atoms with van der Waals surface area (Å²) in [7, 11) is 1.55. The Balaban J connectivity index is 1.71. The third-order valence-electron chi connectivity index (χ3n) is 4.14. The predicted molar refractivity (Wildman–Crippen MR) is 110 cm³/mol. The highest BCUT2D eigenvalue weighted by atomic mass is 35.5. The van der Waals surface area contributed by atoms with Crippen molar-refractivity contribution in [3.63, 3.8) is 0 Å². The quantitative estimate of drug-likeness (QED) is 0.418. The molecule has 4 aromatic rings. The molecule has 1 aromatic heterocycles. The summed E-state index contributed by atoms with van der Waals surface area (Å²) in [6.07, 6.45) is 0. The van der Waals surface area contributed by atoms with E-state index in [-0.39, 0.29) is 5.91 Å². The highest BCUT2D eigenvalue weighted by Gasteiger charge is 2.20. The summed E-state index contributed by atoms with van der Waals surface area (Å²) in [6.45, 7) is 0. The summed E-state index contributed by atoms with van der Waals surface area (Å²) in [5.74, 6) is 0.292. The van der Waals surface area contributed by atoms with Gasteiger partial charge in [-0.1, -0.05) is 53.5 Å². The van der Waals surface area contributed by atoms with Gasteiger partial charge in [0.1, 0.15) is 15.6 Å². The van der Waals surface area contributed by atoms with Gasteiger partial charge in [-0.05, 0) is 35.0 Å². The van der Waals surface area contributed by atoms with E-state index in [1.54, 1.807) is 13.2 Å². The van der Waals surface area contributed by atoms with E-state index in [1.807, 2.05) is 48.5 Å². The van der Waals surface area contributed by atoms with Crippen molar-refractivity contribution in [3.8, 4) is 5.75 Å². The number of thiophene rings is 1. The van der Waals surface area contributed by atoms with Crippen molar-refractivity contribution in [2.24, 2.45) is 0 Å². The third kappa shape index (κ3) is 2.90. The first-order valence-corrected chi connectivity index (χ1v) is 9.40. The molecule has 1 heterocycles. The average molecular weight is 402 g/mol. The first kappa shape index (κ1) is 17.2. The van der Waals surface area contributed by atoms with Crippen LogP contribution in [0.5, 0.6) is 5.75 Å². The monoisotopic (exact) mass is 401 g/mol. The van der Waals surface area contributed by atoms with Gasteiger partial charge in [0.2, 0.25) is 0 Å². The molecule has 1 amide bonds. The topological polar surface area (TPSA) is 38.3 Å². The molecule has 0 atom stereocenters. The van der Waals surface area contributed by atoms with E-state index >= 15 is 0 Å². The number of halogens is 2. The van der Waals surface area contributed by atoms with Crippen LogP contribution in [0, 0.1) is 0 Å². The maximum absolute atomic E-state index is 12.7. The summed E-state index contributed by atoms with van der Waals surface area (Å²) < 4.78 is 5.97. The fourth-order valence-corrected chi connectivity index (χ4v) is 4.63. The second-order valence-electron chi connectivity index (χ2n) is 5.72. The Hall–Kier alpha value is -2.27. The fraction of sp³-hybridized carbons (Fsp3) is 0.0500. The number of benzene rings is 3. The van der Waals surface area contributed by atoms with Gasteiger partial charge in [0, 0.05) is 11.1 Å². The summed E-state index contributed by atoms with van der Waals surface area (Å²) in [4.78, 5) is 13.2. The van der Waals surface area contributed by atoms with Crippen LogP contribution in [0.2, 0.25) is 10.0 Å². The Morgan fingerprint density at radius 2 is 1.77 bits per heavy atom. The van der Waals surface area contributed by atoms with Crippen molar-refractivity contribution in [2.45, 2.75) is 0 Å². The molecule has 0 fully saturated rings. The van der Waals surface area contributed by atoms with Crippen LogP contribution in [0.25, 0.3) is 20.9 Å².